The summed E-state index contributed by atoms with van der Waals surface area (Å²) >= 11 is 5.90. The van der Waals surface area contributed by atoms with Crippen LogP contribution in [0.5, 0.6) is 0 Å². The predicted molar refractivity (Wildman–Crippen MR) is 115 cm³/mol. The molecule has 1 fully saturated rings. The third kappa shape index (κ3) is 4.81. The molecule has 168 valence electrons. The van der Waals surface area contributed by atoms with Gasteiger partial charge in [0.05, 0.1) is 17.0 Å². The highest BCUT2D eigenvalue weighted by Gasteiger charge is 2.32. The minimum Gasteiger partial charge on any atom is -0.451 e. The third-order valence-corrected chi connectivity index (χ3v) is 5.78. The Hall–Kier alpha value is -2.84. The Morgan fingerprint density at radius 1 is 1.12 bits per heavy atom. The fraction of sp³-hybridized carbons (Fsp3) is 0.304. The first-order chi connectivity index (χ1) is 15.2. The third-order valence-electron chi connectivity index (χ3n) is 5.55. The van der Waals surface area contributed by atoms with Gasteiger partial charge in [-0.3, -0.25) is 14.5 Å². The minimum atomic E-state index is -4.45. The van der Waals surface area contributed by atoms with Gasteiger partial charge in [-0.1, -0.05) is 23.7 Å². The van der Waals surface area contributed by atoms with Crippen molar-refractivity contribution in [3.63, 3.8) is 0 Å². The molecule has 1 atom stereocenters. The van der Waals surface area contributed by atoms with Gasteiger partial charge >= 0.3 is 6.18 Å². The van der Waals surface area contributed by atoms with Crippen molar-refractivity contribution < 1.29 is 22.4 Å². The molecule has 0 radical (unpaired) electrons. The normalized spacial score (nSPS) is 15.8. The van der Waals surface area contributed by atoms with Crippen LogP contribution in [0.3, 0.4) is 0 Å². The molecule has 9 heteroatoms. The molecule has 5 nitrogen and oxygen atoms in total. The van der Waals surface area contributed by atoms with E-state index in [-0.39, 0.29) is 23.3 Å². The molecule has 1 N–H and O–H groups in total. The molecule has 1 saturated heterocycles. The van der Waals surface area contributed by atoms with Crippen molar-refractivity contribution in [2.75, 3.05) is 19.6 Å². The Labute approximate surface area is 186 Å². The van der Waals surface area contributed by atoms with Crippen LogP contribution < -0.4 is 10.7 Å². The molecular weight excluding hydrogens is 445 g/mol. The van der Waals surface area contributed by atoms with Crippen molar-refractivity contribution in [1.82, 2.24) is 10.2 Å². The van der Waals surface area contributed by atoms with Gasteiger partial charge in [-0.15, -0.1) is 0 Å². The lowest BCUT2D eigenvalue weighted by molar-refractivity contribution is -0.137. The molecule has 0 unspecified atom stereocenters. The highest BCUT2D eigenvalue weighted by Crippen LogP contribution is 2.32. The first-order valence-electron chi connectivity index (χ1n) is 10.2. The number of amides is 1. The molecule has 2 heterocycles. The molecule has 32 heavy (non-hydrogen) atoms. The van der Waals surface area contributed by atoms with Crippen LogP contribution in [0.2, 0.25) is 5.02 Å². The Bertz CT molecular complexity index is 1200. The molecule has 0 saturated carbocycles. The highest BCUT2D eigenvalue weighted by atomic mass is 35.5. The molecule has 1 aliphatic rings. The predicted octanol–water partition coefficient (Wildman–Crippen LogP) is 5.03. The number of hydrogen-bond donors (Lipinski definition) is 1. The molecule has 0 aliphatic carbocycles. The smallest absolute Gasteiger partial charge is 0.416 e. The van der Waals surface area contributed by atoms with E-state index in [1.54, 1.807) is 12.1 Å². The first kappa shape index (κ1) is 22.4. The van der Waals surface area contributed by atoms with Gasteiger partial charge in [0, 0.05) is 17.6 Å². The van der Waals surface area contributed by atoms with E-state index in [2.05, 4.69) is 5.32 Å². The number of halogens is 4. The molecule has 1 amide bonds. The molecule has 2 aromatic carbocycles. The topological polar surface area (TPSA) is 62.6 Å². The summed E-state index contributed by atoms with van der Waals surface area (Å²) in [5.41, 5.74) is -0.449. The summed E-state index contributed by atoms with van der Waals surface area (Å²) in [5, 5.41) is 3.34. The second-order valence-electron chi connectivity index (χ2n) is 7.71. The lowest BCUT2D eigenvalue weighted by Gasteiger charge is -2.28. The monoisotopic (exact) mass is 464 g/mol. The summed E-state index contributed by atoms with van der Waals surface area (Å²) in [5.74, 6) is -0.788. The van der Waals surface area contributed by atoms with Gasteiger partial charge in [-0.25, -0.2) is 0 Å². The number of nitrogens with one attached hydrogen (secondary N) is 1. The van der Waals surface area contributed by atoms with Gasteiger partial charge in [-0.05, 0) is 61.8 Å². The van der Waals surface area contributed by atoms with Crippen molar-refractivity contribution >= 4 is 28.5 Å². The fourth-order valence-corrected chi connectivity index (χ4v) is 4.12. The largest absolute Gasteiger partial charge is 0.451 e. The number of hydrogen-bond acceptors (Lipinski definition) is 4. The lowest BCUT2D eigenvalue weighted by atomic mass is 10.0. The SMILES string of the molecule is O=C(NC[C@@H](c1cccc(C(F)(F)F)c1)N1CCCC1)c1cc(=O)c2cc(Cl)ccc2o1. The van der Waals surface area contributed by atoms with Gasteiger partial charge < -0.3 is 9.73 Å². The number of alkyl halides is 3. The quantitative estimate of drug-likeness (QED) is 0.575. The van der Waals surface area contributed by atoms with Crippen molar-refractivity contribution in [1.29, 1.82) is 0 Å². The Morgan fingerprint density at radius 2 is 1.88 bits per heavy atom. The van der Waals surface area contributed by atoms with E-state index in [1.807, 2.05) is 4.90 Å². The summed E-state index contributed by atoms with van der Waals surface area (Å²) in [6.45, 7) is 1.52. The van der Waals surface area contributed by atoms with Crippen molar-refractivity contribution in [3.8, 4) is 0 Å². The Kier molecular flexibility index (Phi) is 6.26. The van der Waals surface area contributed by atoms with E-state index in [1.165, 1.54) is 18.2 Å². The van der Waals surface area contributed by atoms with E-state index >= 15 is 0 Å². The van der Waals surface area contributed by atoms with Gasteiger partial charge in [0.15, 0.2) is 11.2 Å². The van der Waals surface area contributed by atoms with Crippen molar-refractivity contribution in [2.45, 2.75) is 25.1 Å². The second-order valence-corrected chi connectivity index (χ2v) is 8.14. The van der Waals surface area contributed by atoms with E-state index in [4.69, 9.17) is 16.0 Å². The van der Waals surface area contributed by atoms with Gasteiger partial charge in [0.25, 0.3) is 5.91 Å². The van der Waals surface area contributed by atoms with Gasteiger partial charge in [-0.2, -0.15) is 13.2 Å². The molecule has 4 rings (SSSR count). The standard InChI is InChI=1S/C23H20ClF3N2O3/c24-16-6-7-20-17(11-16)19(30)12-21(32-20)22(31)28-13-18(29-8-1-2-9-29)14-4-3-5-15(10-14)23(25,26)27/h3-7,10-12,18H,1-2,8-9,13H2,(H,28,31)/t18-/m0/s1. The number of carbonyl (C=O) groups is 1. The average molecular weight is 465 g/mol. The van der Waals surface area contributed by atoms with Crippen LogP contribution in [-0.2, 0) is 6.18 Å². The maximum atomic E-state index is 13.2. The van der Waals surface area contributed by atoms with Crippen LogP contribution >= 0.6 is 11.6 Å². The van der Waals surface area contributed by atoms with Crippen molar-refractivity contribution in [2.24, 2.45) is 0 Å². The zero-order chi connectivity index (χ0) is 22.9. The average Bonchev–Trinajstić information content (AvgIpc) is 3.28. The zero-order valence-electron chi connectivity index (χ0n) is 16.9. The van der Waals surface area contributed by atoms with Gasteiger partial charge in [0.2, 0.25) is 0 Å². The second kappa shape index (κ2) is 8.96. The van der Waals surface area contributed by atoms with E-state index in [0.717, 1.165) is 44.1 Å². The van der Waals surface area contributed by atoms with Crippen LogP contribution in [0.4, 0.5) is 13.2 Å². The molecule has 3 aromatic rings. The highest BCUT2D eigenvalue weighted by molar-refractivity contribution is 6.31. The fourth-order valence-electron chi connectivity index (χ4n) is 3.95. The maximum absolute atomic E-state index is 13.2. The summed E-state index contributed by atoms with van der Waals surface area (Å²) in [4.78, 5) is 27.1. The maximum Gasteiger partial charge on any atom is 0.416 e. The Morgan fingerprint density at radius 3 is 2.59 bits per heavy atom. The van der Waals surface area contributed by atoms with Crippen LogP contribution in [0.25, 0.3) is 11.0 Å². The van der Waals surface area contributed by atoms with Crippen LogP contribution in [0, 0.1) is 0 Å². The van der Waals surface area contributed by atoms with Crippen LogP contribution in [0.15, 0.2) is 57.7 Å². The van der Waals surface area contributed by atoms with Crippen LogP contribution in [0.1, 0.15) is 40.6 Å². The number of likely N-dealkylation sites (tertiary alicyclic amines) is 1. The zero-order valence-corrected chi connectivity index (χ0v) is 17.7. The lowest BCUT2D eigenvalue weighted by Crippen LogP contribution is -2.37. The first-order valence-corrected chi connectivity index (χ1v) is 10.5. The summed E-state index contributed by atoms with van der Waals surface area (Å²) in [6.07, 6.45) is -2.58. The molecule has 1 aliphatic heterocycles. The number of carbonyl (C=O) groups excluding carboxylic acids is 1. The summed E-state index contributed by atoms with van der Waals surface area (Å²) in [7, 11) is 0. The molecule has 0 bridgehead atoms. The number of benzene rings is 2. The summed E-state index contributed by atoms with van der Waals surface area (Å²) < 4.78 is 45.2. The van der Waals surface area contributed by atoms with E-state index < -0.39 is 29.1 Å². The number of rotatable bonds is 5. The molecule has 1 aromatic heterocycles. The van der Waals surface area contributed by atoms with E-state index in [9.17, 15) is 22.8 Å². The molecule has 0 spiro atoms. The Balaban J connectivity index is 1.57. The summed E-state index contributed by atoms with van der Waals surface area (Å²) in [6, 6.07) is 10.3. The van der Waals surface area contributed by atoms with Crippen LogP contribution in [-0.4, -0.2) is 30.4 Å². The molecular formula is C23H20ClF3N2O3. The number of nitrogens with zero attached hydrogens (tertiary/aromatic N) is 1. The number of fused-ring (bicyclic) bond motifs is 1. The van der Waals surface area contributed by atoms with Gasteiger partial charge in [0.1, 0.15) is 5.58 Å². The van der Waals surface area contributed by atoms with Crippen molar-refractivity contribution in [3.05, 3.63) is 80.7 Å². The minimum absolute atomic E-state index is 0.0719. The van der Waals surface area contributed by atoms with E-state index in [0.29, 0.717) is 10.6 Å².